The topological polar surface area (TPSA) is 56.7 Å². The van der Waals surface area contributed by atoms with Crippen LogP contribution in [0.15, 0.2) is 24.3 Å². The highest BCUT2D eigenvalue weighted by Gasteiger charge is 2.20. The Morgan fingerprint density at radius 2 is 2.18 bits per heavy atom. The van der Waals surface area contributed by atoms with Crippen molar-refractivity contribution in [3.05, 3.63) is 35.9 Å². The molecular formula is C12H13FN4. The first kappa shape index (κ1) is 10.4. The van der Waals surface area contributed by atoms with Gasteiger partial charge in [0.05, 0.1) is 5.56 Å². The monoisotopic (exact) mass is 232 g/mol. The molecule has 0 saturated heterocycles. The van der Waals surface area contributed by atoms with Gasteiger partial charge >= 0.3 is 0 Å². The molecule has 3 rings (SSSR count). The molecule has 1 aliphatic rings. The van der Waals surface area contributed by atoms with Crippen molar-refractivity contribution in [3.63, 3.8) is 0 Å². The first-order valence-electron chi connectivity index (χ1n) is 5.68. The first-order chi connectivity index (χ1) is 8.24. The Morgan fingerprint density at radius 3 is 3.00 bits per heavy atom. The van der Waals surface area contributed by atoms with E-state index >= 15 is 0 Å². The molecular weight excluding hydrogens is 219 g/mol. The van der Waals surface area contributed by atoms with Gasteiger partial charge in [0.1, 0.15) is 11.6 Å². The number of halogens is 1. The van der Waals surface area contributed by atoms with Crippen LogP contribution in [0.3, 0.4) is 0 Å². The lowest BCUT2D eigenvalue weighted by Gasteiger charge is -2.17. The number of nitrogens with two attached hydrogens (primary N) is 1. The fourth-order valence-corrected chi connectivity index (χ4v) is 2.09. The van der Waals surface area contributed by atoms with E-state index in [1.54, 1.807) is 18.2 Å². The number of aryl methyl sites for hydroxylation is 1. The van der Waals surface area contributed by atoms with Crippen molar-refractivity contribution in [2.75, 3.05) is 0 Å². The van der Waals surface area contributed by atoms with Gasteiger partial charge in [-0.25, -0.2) is 14.1 Å². The molecule has 2 heterocycles. The minimum absolute atomic E-state index is 0.139. The van der Waals surface area contributed by atoms with Gasteiger partial charge in [0.2, 0.25) is 0 Å². The lowest BCUT2D eigenvalue weighted by Crippen LogP contribution is -2.31. The lowest BCUT2D eigenvalue weighted by molar-refractivity contribution is 0.433. The number of fused-ring (bicyclic) bond motifs is 1. The summed E-state index contributed by atoms with van der Waals surface area (Å²) >= 11 is 0. The van der Waals surface area contributed by atoms with Crippen LogP contribution in [0.2, 0.25) is 0 Å². The first-order valence-corrected chi connectivity index (χ1v) is 5.68. The van der Waals surface area contributed by atoms with Gasteiger partial charge < -0.3 is 5.73 Å². The maximum atomic E-state index is 13.6. The molecule has 0 radical (unpaired) electrons. The van der Waals surface area contributed by atoms with Crippen molar-refractivity contribution in [2.24, 2.45) is 5.73 Å². The summed E-state index contributed by atoms with van der Waals surface area (Å²) in [6.45, 7) is 0.762. The summed E-state index contributed by atoms with van der Waals surface area (Å²) in [7, 11) is 0. The molecule has 2 N–H and O–H groups in total. The van der Waals surface area contributed by atoms with Crippen molar-refractivity contribution in [3.8, 4) is 11.4 Å². The zero-order valence-corrected chi connectivity index (χ0v) is 9.31. The van der Waals surface area contributed by atoms with Gasteiger partial charge in [-0.15, -0.1) is 0 Å². The largest absolute Gasteiger partial charge is 0.327 e. The van der Waals surface area contributed by atoms with Crippen LogP contribution in [0.4, 0.5) is 4.39 Å². The molecule has 5 heteroatoms. The summed E-state index contributed by atoms with van der Waals surface area (Å²) in [5, 5.41) is 4.33. The minimum atomic E-state index is -0.292. The van der Waals surface area contributed by atoms with Crippen molar-refractivity contribution in [1.29, 1.82) is 0 Å². The number of hydrogen-bond donors (Lipinski definition) is 1. The van der Waals surface area contributed by atoms with Crippen molar-refractivity contribution in [1.82, 2.24) is 14.8 Å². The van der Waals surface area contributed by atoms with Crippen LogP contribution in [-0.2, 0) is 13.0 Å². The predicted octanol–water partition coefficient (Wildman–Crippen LogP) is 1.36. The smallest absolute Gasteiger partial charge is 0.184 e. The van der Waals surface area contributed by atoms with Gasteiger partial charge in [-0.1, -0.05) is 12.1 Å². The fourth-order valence-electron chi connectivity index (χ4n) is 2.09. The molecule has 88 valence electrons. The van der Waals surface area contributed by atoms with Crippen LogP contribution in [0.5, 0.6) is 0 Å². The highest BCUT2D eigenvalue weighted by Crippen LogP contribution is 2.21. The van der Waals surface area contributed by atoms with Gasteiger partial charge in [0, 0.05) is 19.0 Å². The number of hydrogen-bond acceptors (Lipinski definition) is 3. The number of rotatable bonds is 1. The van der Waals surface area contributed by atoms with E-state index in [2.05, 4.69) is 10.1 Å². The summed E-state index contributed by atoms with van der Waals surface area (Å²) in [6.07, 6.45) is 1.61. The molecule has 17 heavy (non-hydrogen) atoms. The Bertz CT molecular complexity index is 549. The summed E-state index contributed by atoms with van der Waals surface area (Å²) in [6, 6.07) is 6.69. The predicted molar refractivity (Wildman–Crippen MR) is 61.7 cm³/mol. The Labute approximate surface area is 98.3 Å². The van der Waals surface area contributed by atoms with Crippen LogP contribution in [0.1, 0.15) is 12.2 Å². The Morgan fingerprint density at radius 1 is 1.35 bits per heavy atom. The molecule has 0 amide bonds. The van der Waals surface area contributed by atoms with Crippen LogP contribution in [-0.4, -0.2) is 20.8 Å². The van der Waals surface area contributed by atoms with Crippen molar-refractivity contribution >= 4 is 0 Å². The quantitative estimate of drug-likeness (QED) is 0.807. The average Bonchev–Trinajstić information content (AvgIpc) is 2.72. The van der Waals surface area contributed by atoms with Crippen LogP contribution in [0, 0.1) is 5.82 Å². The highest BCUT2D eigenvalue weighted by atomic mass is 19.1. The summed E-state index contributed by atoms with van der Waals surface area (Å²) < 4.78 is 15.4. The van der Waals surface area contributed by atoms with Gasteiger partial charge in [0.15, 0.2) is 5.82 Å². The number of aromatic nitrogens is 3. The standard InChI is InChI=1S/C12H13FN4/c13-10-4-2-1-3-9(10)12-15-11-7-8(14)5-6-17(11)16-12/h1-4,8H,5-7,14H2. The Kier molecular flexibility index (Phi) is 2.40. The molecule has 4 nitrogen and oxygen atoms in total. The molecule has 0 aliphatic carbocycles. The molecule has 1 aromatic heterocycles. The van der Waals surface area contributed by atoms with Crippen LogP contribution < -0.4 is 5.73 Å². The van der Waals surface area contributed by atoms with Crippen LogP contribution in [0.25, 0.3) is 11.4 Å². The normalized spacial score (nSPS) is 19.1. The van der Waals surface area contributed by atoms with E-state index in [9.17, 15) is 4.39 Å². The third-order valence-electron chi connectivity index (χ3n) is 3.02. The van der Waals surface area contributed by atoms with E-state index in [0.717, 1.165) is 18.8 Å². The highest BCUT2D eigenvalue weighted by molar-refractivity contribution is 5.55. The lowest BCUT2D eigenvalue weighted by atomic mass is 10.1. The SMILES string of the molecule is NC1CCn2nc(-c3ccccc3F)nc2C1. The molecule has 0 saturated carbocycles. The molecule has 2 aromatic rings. The van der Waals surface area contributed by atoms with Gasteiger partial charge in [-0.3, -0.25) is 0 Å². The fraction of sp³-hybridized carbons (Fsp3) is 0.333. The molecule has 0 fully saturated rings. The summed E-state index contributed by atoms with van der Waals surface area (Å²) in [5.74, 6) is 1.01. The summed E-state index contributed by atoms with van der Waals surface area (Å²) in [4.78, 5) is 4.36. The van der Waals surface area contributed by atoms with Gasteiger partial charge in [0.25, 0.3) is 0 Å². The van der Waals surface area contributed by atoms with E-state index in [1.807, 2.05) is 4.68 Å². The van der Waals surface area contributed by atoms with E-state index in [0.29, 0.717) is 17.8 Å². The second-order valence-corrected chi connectivity index (χ2v) is 4.31. The van der Waals surface area contributed by atoms with Crippen molar-refractivity contribution in [2.45, 2.75) is 25.4 Å². The average molecular weight is 232 g/mol. The molecule has 1 aromatic carbocycles. The summed E-state index contributed by atoms with van der Waals surface area (Å²) in [5.41, 5.74) is 6.32. The minimum Gasteiger partial charge on any atom is -0.327 e. The van der Waals surface area contributed by atoms with E-state index in [-0.39, 0.29) is 11.9 Å². The molecule has 0 bridgehead atoms. The zero-order valence-electron chi connectivity index (χ0n) is 9.31. The third-order valence-corrected chi connectivity index (χ3v) is 3.02. The number of nitrogens with zero attached hydrogens (tertiary/aromatic N) is 3. The zero-order chi connectivity index (χ0) is 11.8. The maximum Gasteiger partial charge on any atom is 0.184 e. The Balaban J connectivity index is 2.03. The van der Waals surface area contributed by atoms with Crippen LogP contribution >= 0.6 is 0 Å². The van der Waals surface area contributed by atoms with E-state index in [4.69, 9.17) is 5.73 Å². The number of benzene rings is 1. The second kappa shape index (κ2) is 3.92. The van der Waals surface area contributed by atoms with Crippen molar-refractivity contribution < 1.29 is 4.39 Å². The Hall–Kier alpha value is -1.75. The molecule has 1 aliphatic heterocycles. The molecule has 1 unspecified atom stereocenters. The van der Waals surface area contributed by atoms with Gasteiger partial charge in [-0.2, -0.15) is 5.10 Å². The van der Waals surface area contributed by atoms with E-state index < -0.39 is 0 Å². The van der Waals surface area contributed by atoms with E-state index in [1.165, 1.54) is 6.07 Å². The second-order valence-electron chi connectivity index (χ2n) is 4.31. The molecule has 0 spiro atoms. The maximum absolute atomic E-state index is 13.6. The van der Waals surface area contributed by atoms with Gasteiger partial charge in [-0.05, 0) is 18.6 Å². The third kappa shape index (κ3) is 1.82. The molecule has 1 atom stereocenters.